The lowest BCUT2D eigenvalue weighted by atomic mass is 10.1. The van der Waals surface area contributed by atoms with Crippen LogP contribution in [-0.4, -0.2) is 6.54 Å². The maximum atomic E-state index is 3.20. The van der Waals surface area contributed by atoms with Crippen molar-refractivity contribution in [1.82, 2.24) is 5.32 Å². The lowest BCUT2D eigenvalue weighted by molar-refractivity contribution is 0.844. The van der Waals surface area contributed by atoms with Gasteiger partial charge in [0.25, 0.3) is 0 Å². The van der Waals surface area contributed by atoms with E-state index in [1.165, 1.54) is 19.3 Å². The average molecular weight is 111 g/mol. The summed E-state index contributed by atoms with van der Waals surface area (Å²) in [5, 5.41) is 3.20. The van der Waals surface area contributed by atoms with Crippen LogP contribution in [0.25, 0.3) is 0 Å². The lowest BCUT2D eigenvalue weighted by Crippen LogP contribution is -1.96. The third-order valence-corrected chi connectivity index (χ3v) is 1.47. The number of rotatable bonds is 2. The Morgan fingerprint density at radius 2 is 2.62 bits per heavy atom. The molecule has 0 saturated carbocycles. The van der Waals surface area contributed by atoms with Gasteiger partial charge in [-0.15, -0.1) is 0 Å². The van der Waals surface area contributed by atoms with Crippen molar-refractivity contribution >= 4 is 0 Å². The molecule has 0 aliphatic carbocycles. The zero-order valence-corrected chi connectivity index (χ0v) is 5.41. The second-order valence-corrected chi connectivity index (χ2v) is 2.26. The van der Waals surface area contributed by atoms with Crippen LogP contribution in [-0.2, 0) is 0 Å². The third-order valence-electron chi connectivity index (χ3n) is 1.47. The Balaban J connectivity index is 2.23. The molecule has 1 rings (SSSR count). The summed E-state index contributed by atoms with van der Waals surface area (Å²) >= 11 is 0. The van der Waals surface area contributed by atoms with Gasteiger partial charge < -0.3 is 5.32 Å². The molecule has 0 radical (unpaired) electrons. The third kappa shape index (κ3) is 1.25. The van der Waals surface area contributed by atoms with Gasteiger partial charge in [-0.05, 0) is 19.0 Å². The van der Waals surface area contributed by atoms with Crippen LogP contribution in [0.15, 0.2) is 11.8 Å². The first-order valence-corrected chi connectivity index (χ1v) is 3.35. The van der Waals surface area contributed by atoms with Crippen molar-refractivity contribution in [3.8, 4) is 0 Å². The van der Waals surface area contributed by atoms with Gasteiger partial charge in [-0.2, -0.15) is 0 Å². The molecule has 1 heteroatoms. The summed E-state index contributed by atoms with van der Waals surface area (Å²) in [7, 11) is 0. The molecule has 0 spiro atoms. The van der Waals surface area contributed by atoms with E-state index in [0.717, 1.165) is 6.54 Å². The van der Waals surface area contributed by atoms with Gasteiger partial charge in [0.2, 0.25) is 0 Å². The molecule has 0 fully saturated rings. The highest BCUT2D eigenvalue weighted by molar-refractivity contribution is 5.05. The fourth-order valence-electron chi connectivity index (χ4n) is 1.04. The smallest absolute Gasteiger partial charge is 0.0179 e. The molecule has 0 bridgehead atoms. The van der Waals surface area contributed by atoms with Gasteiger partial charge in [0.05, 0.1) is 0 Å². The van der Waals surface area contributed by atoms with E-state index < -0.39 is 0 Å². The minimum Gasteiger partial charge on any atom is -0.391 e. The summed E-state index contributed by atoms with van der Waals surface area (Å²) in [4.78, 5) is 0. The monoisotopic (exact) mass is 111 g/mol. The standard InChI is InChI=1S/C7H13N/c1-2-3-7-4-5-8-6-7/h6,8H,2-5H2,1H3. The minimum absolute atomic E-state index is 1.16. The molecule has 1 nitrogen and oxygen atoms in total. The molecule has 1 heterocycles. The number of hydrogen-bond donors (Lipinski definition) is 1. The highest BCUT2D eigenvalue weighted by atomic mass is 14.8. The van der Waals surface area contributed by atoms with Crippen molar-refractivity contribution < 1.29 is 0 Å². The van der Waals surface area contributed by atoms with Gasteiger partial charge in [0, 0.05) is 6.54 Å². The maximum absolute atomic E-state index is 3.20. The van der Waals surface area contributed by atoms with Crippen LogP contribution in [0.5, 0.6) is 0 Å². The molecule has 0 unspecified atom stereocenters. The SMILES string of the molecule is CCCC1=CNCC1. The zero-order valence-electron chi connectivity index (χ0n) is 5.41. The first-order chi connectivity index (χ1) is 3.93. The summed E-state index contributed by atoms with van der Waals surface area (Å²) in [5.74, 6) is 0. The van der Waals surface area contributed by atoms with E-state index in [2.05, 4.69) is 18.4 Å². The largest absolute Gasteiger partial charge is 0.391 e. The molecule has 8 heavy (non-hydrogen) atoms. The fourth-order valence-corrected chi connectivity index (χ4v) is 1.04. The van der Waals surface area contributed by atoms with Gasteiger partial charge in [-0.3, -0.25) is 0 Å². The molecule has 1 N–H and O–H groups in total. The van der Waals surface area contributed by atoms with Crippen molar-refractivity contribution in [3.05, 3.63) is 11.8 Å². The minimum atomic E-state index is 1.16. The van der Waals surface area contributed by atoms with E-state index >= 15 is 0 Å². The van der Waals surface area contributed by atoms with Crippen molar-refractivity contribution in [2.75, 3.05) is 6.54 Å². The van der Waals surface area contributed by atoms with Gasteiger partial charge >= 0.3 is 0 Å². The predicted octanol–water partition coefficient (Wildman–Crippen LogP) is 1.66. The molecular formula is C7H13N. The molecule has 0 aromatic carbocycles. The molecular weight excluding hydrogens is 98.1 g/mol. The van der Waals surface area contributed by atoms with Crippen LogP contribution >= 0.6 is 0 Å². The molecule has 1 aliphatic rings. The highest BCUT2D eigenvalue weighted by Gasteiger charge is 1.99. The summed E-state index contributed by atoms with van der Waals surface area (Å²) in [6, 6.07) is 0. The second kappa shape index (κ2) is 2.75. The Labute approximate surface area is 50.8 Å². The highest BCUT2D eigenvalue weighted by Crippen LogP contribution is 2.10. The normalized spacial score (nSPS) is 17.9. The quantitative estimate of drug-likeness (QED) is 0.571. The summed E-state index contributed by atoms with van der Waals surface area (Å²) < 4.78 is 0. The van der Waals surface area contributed by atoms with E-state index in [1.54, 1.807) is 5.57 Å². The summed E-state index contributed by atoms with van der Waals surface area (Å²) in [6.07, 6.45) is 6.00. The summed E-state index contributed by atoms with van der Waals surface area (Å²) in [5.41, 5.74) is 1.59. The van der Waals surface area contributed by atoms with Crippen LogP contribution in [0.3, 0.4) is 0 Å². The fraction of sp³-hybridized carbons (Fsp3) is 0.714. The topological polar surface area (TPSA) is 12.0 Å². The number of nitrogens with one attached hydrogen (secondary N) is 1. The van der Waals surface area contributed by atoms with Crippen molar-refractivity contribution in [2.24, 2.45) is 0 Å². The van der Waals surface area contributed by atoms with E-state index in [1.807, 2.05) is 0 Å². The number of hydrogen-bond acceptors (Lipinski definition) is 1. The molecule has 1 aliphatic heterocycles. The van der Waals surface area contributed by atoms with E-state index in [-0.39, 0.29) is 0 Å². The van der Waals surface area contributed by atoms with Gasteiger partial charge in [-0.1, -0.05) is 18.9 Å². The van der Waals surface area contributed by atoms with Crippen molar-refractivity contribution in [1.29, 1.82) is 0 Å². The zero-order chi connectivity index (χ0) is 5.82. The Bertz CT molecular complexity index is 94.6. The van der Waals surface area contributed by atoms with Crippen LogP contribution < -0.4 is 5.32 Å². The maximum Gasteiger partial charge on any atom is 0.0179 e. The Kier molecular flexibility index (Phi) is 1.95. The second-order valence-electron chi connectivity index (χ2n) is 2.26. The van der Waals surface area contributed by atoms with Crippen molar-refractivity contribution in [3.63, 3.8) is 0 Å². The van der Waals surface area contributed by atoms with Gasteiger partial charge in [0.1, 0.15) is 0 Å². The van der Waals surface area contributed by atoms with Crippen LogP contribution in [0.2, 0.25) is 0 Å². The van der Waals surface area contributed by atoms with E-state index in [4.69, 9.17) is 0 Å². The van der Waals surface area contributed by atoms with Crippen LogP contribution in [0.4, 0.5) is 0 Å². The predicted molar refractivity (Wildman–Crippen MR) is 35.6 cm³/mol. The van der Waals surface area contributed by atoms with Crippen LogP contribution in [0, 0.1) is 0 Å². The van der Waals surface area contributed by atoms with E-state index in [9.17, 15) is 0 Å². The van der Waals surface area contributed by atoms with Gasteiger partial charge in [0.15, 0.2) is 0 Å². The van der Waals surface area contributed by atoms with Gasteiger partial charge in [-0.25, -0.2) is 0 Å². The first-order valence-electron chi connectivity index (χ1n) is 3.35. The van der Waals surface area contributed by atoms with E-state index in [0.29, 0.717) is 0 Å². The Hall–Kier alpha value is -0.460. The molecule has 0 aromatic heterocycles. The molecule has 46 valence electrons. The molecule has 0 atom stereocenters. The summed E-state index contributed by atoms with van der Waals surface area (Å²) in [6.45, 7) is 3.38. The molecule has 0 saturated heterocycles. The molecule has 0 aromatic rings. The molecule has 0 amide bonds. The van der Waals surface area contributed by atoms with Crippen molar-refractivity contribution in [2.45, 2.75) is 26.2 Å². The average Bonchev–Trinajstić information content (AvgIpc) is 2.19. The lowest BCUT2D eigenvalue weighted by Gasteiger charge is -1.92. The first kappa shape index (κ1) is 5.67. The Morgan fingerprint density at radius 1 is 1.75 bits per heavy atom. The van der Waals surface area contributed by atoms with Crippen LogP contribution in [0.1, 0.15) is 26.2 Å². The Morgan fingerprint density at radius 3 is 3.12 bits per heavy atom.